The highest BCUT2D eigenvalue weighted by atomic mass is 19.4. The number of nitrogens with zero attached hydrogens (tertiary/aromatic N) is 3. The second-order valence-electron chi connectivity index (χ2n) is 8.60. The van der Waals surface area contributed by atoms with Crippen molar-refractivity contribution < 1.29 is 22.8 Å². The number of rotatable bonds is 7. The Morgan fingerprint density at radius 2 is 1.72 bits per heavy atom. The fraction of sp³-hybridized carbons (Fsp3) is 0.417. The van der Waals surface area contributed by atoms with Crippen LogP contribution in [0.15, 0.2) is 53.7 Å². The van der Waals surface area contributed by atoms with Gasteiger partial charge in [-0.2, -0.15) is 13.2 Å². The number of oxime groups is 1. The third kappa shape index (κ3) is 5.23. The molecule has 1 saturated carbocycles. The number of alkyl halides is 3. The van der Waals surface area contributed by atoms with Crippen molar-refractivity contribution in [2.24, 2.45) is 11.1 Å². The molecule has 1 unspecified atom stereocenters. The lowest BCUT2D eigenvalue weighted by Crippen LogP contribution is -2.38. The number of halogens is 3. The van der Waals surface area contributed by atoms with Crippen molar-refractivity contribution in [3.8, 4) is 0 Å². The fourth-order valence-electron chi connectivity index (χ4n) is 3.73. The van der Waals surface area contributed by atoms with Gasteiger partial charge in [-0.3, -0.25) is 4.79 Å². The third-order valence-corrected chi connectivity index (χ3v) is 5.77. The quantitative estimate of drug-likeness (QED) is 0.621. The maximum atomic E-state index is 12.8. The number of hydrogen-bond donors (Lipinski definition) is 0. The van der Waals surface area contributed by atoms with Crippen molar-refractivity contribution in [3.63, 3.8) is 0 Å². The molecule has 1 aliphatic carbocycles. The maximum absolute atomic E-state index is 12.8. The van der Waals surface area contributed by atoms with Crippen molar-refractivity contribution in [2.75, 3.05) is 25.5 Å². The molecule has 1 heterocycles. The monoisotopic (exact) mass is 445 g/mol. The van der Waals surface area contributed by atoms with Gasteiger partial charge in [-0.15, -0.1) is 0 Å². The highest BCUT2D eigenvalue weighted by molar-refractivity contribution is 6.01. The van der Waals surface area contributed by atoms with Crippen molar-refractivity contribution >= 4 is 17.3 Å². The van der Waals surface area contributed by atoms with E-state index in [0.29, 0.717) is 18.5 Å². The van der Waals surface area contributed by atoms with Crippen LogP contribution in [-0.4, -0.2) is 43.3 Å². The van der Waals surface area contributed by atoms with Crippen molar-refractivity contribution in [1.29, 1.82) is 0 Å². The molecular formula is C24H26F3N3O2. The Labute approximate surface area is 185 Å². The molecule has 2 aromatic rings. The van der Waals surface area contributed by atoms with E-state index in [0.717, 1.165) is 41.9 Å². The lowest BCUT2D eigenvalue weighted by Gasteiger charge is -2.25. The Morgan fingerprint density at radius 1 is 1.06 bits per heavy atom. The highest BCUT2D eigenvalue weighted by Gasteiger charge is 2.36. The Hall–Kier alpha value is -3.03. The summed E-state index contributed by atoms with van der Waals surface area (Å²) in [5, 5.41) is 4.22. The van der Waals surface area contributed by atoms with Gasteiger partial charge in [-0.05, 0) is 48.2 Å². The molecule has 8 heteroatoms. The van der Waals surface area contributed by atoms with E-state index in [1.165, 1.54) is 12.1 Å². The maximum Gasteiger partial charge on any atom is 0.416 e. The molecule has 1 fully saturated rings. The summed E-state index contributed by atoms with van der Waals surface area (Å²) < 4.78 is 38.5. The van der Waals surface area contributed by atoms with Crippen LogP contribution in [0.4, 0.5) is 18.9 Å². The first-order chi connectivity index (χ1) is 15.2. The van der Waals surface area contributed by atoms with Gasteiger partial charge in [0.15, 0.2) is 6.10 Å². The molecule has 0 saturated heterocycles. The molecule has 5 nitrogen and oxygen atoms in total. The minimum Gasteiger partial charge on any atom is -0.390 e. The molecule has 1 aliphatic heterocycles. The molecule has 32 heavy (non-hydrogen) atoms. The molecule has 0 bridgehead atoms. The zero-order valence-corrected chi connectivity index (χ0v) is 18.1. The van der Waals surface area contributed by atoms with Crippen LogP contribution < -0.4 is 4.90 Å². The minimum absolute atomic E-state index is 0.00446. The van der Waals surface area contributed by atoms with Gasteiger partial charge in [0.1, 0.15) is 0 Å². The van der Waals surface area contributed by atoms with E-state index < -0.39 is 11.7 Å². The molecule has 0 spiro atoms. The van der Waals surface area contributed by atoms with Crippen molar-refractivity contribution in [2.45, 2.75) is 38.1 Å². The van der Waals surface area contributed by atoms with Gasteiger partial charge in [0, 0.05) is 38.7 Å². The average Bonchev–Trinajstić information content (AvgIpc) is 3.51. The molecule has 4 rings (SSSR count). The molecule has 2 aliphatic rings. The number of benzene rings is 2. The topological polar surface area (TPSA) is 45.1 Å². The van der Waals surface area contributed by atoms with Crippen LogP contribution in [-0.2, 0) is 22.4 Å². The normalized spacial score (nSPS) is 18.2. The van der Waals surface area contributed by atoms with E-state index in [4.69, 9.17) is 4.84 Å². The zero-order chi connectivity index (χ0) is 22.9. The Morgan fingerprint density at radius 3 is 2.28 bits per heavy atom. The lowest BCUT2D eigenvalue weighted by atomic mass is 10.0. The lowest BCUT2D eigenvalue weighted by molar-refractivity contribution is -0.138. The number of carbonyl (C=O) groups is 1. The van der Waals surface area contributed by atoms with E-state index in [9.17, 15) is 18.0 Å². The van der Waals surface area contributed by atoms with Gasteiger partial charge < -0.3 is 14.6 Å². The van der Waals surface area contributed by atoms with E-state index in [-0.39, 0.29) is 24.5 Å². The smallest absolute Gasteiger partial charge is 0.390 e. The summed E-state index contributed by atoms with van der Waals surface area (Å²) in [6, 6.07) is 13.0. The van der Waals surface area contributed by atoms with Gasteiger partial charge in [-0.1, -0.05) is 29.4 Å². The summed E-state index contributed by atoms with van der Waals surface area (Å²) in [4.78, 5) is 22.1. The van der Waals surface area contributed by atoms with Crippen LogP contribution in [0.25, 0.3) is 0 Å². The zero-order valence-electron chi connectivity index (χ0n) is 18.1. The summed E-state index contributed by atoms with van der Waals surface area (Å²) in [7, 11) is 3.95. The van der Waals surface area contributed by atoms with Gasteiger partial charge >= 0.3 is 6.18 Å². The second-order valence-corrected chi connectivity index (χ2v) is 8.60. The number of amides is 1. The molecule has 1 amide bonds. The van der Waals surface area contributed by atoms with Crippen LogP contribution >= 0.6 is 0 Å². The number of anilines is 1. The van der Waals surface area contributed by atoms with Crippen molar-refractivity contribution in [1.82, 2.24) is 4.90 Å². The van der Waals surface area contributed by atoms with Gasteiger partial charge in [0.05, 0.1) is 17.8 Å². The SMILES string of the molecule is CN(C)c1ccc(C2=NOC(CN(Cc3ccc(C(F)(F)F)cc3)C(=O)C3CC3)C2)cc1. The van der Waals surface area contributed by atoms with Crippen LogP contribution in [0.2, 0.25) is 0 Å². The van der Waals surface area contributed by atoms with Crippen LogP contribution in [0.5, 0.6) is 0 Å². The molecule has 170 valence electrons. The summed E-state index contributed by atoms with van der Waals surface area (Å²) in [5.41, 5.74) is 2.85. The van der Waals surface area contributed by atoms with E-state index >= 15 is 0 Å². The number of hydrogen-bond acceptors (Lipinski definition) is 4. The van der Waals surface area contributed by atoms with Gasteiger partial charge in [0.2, 0.25) is 5.91 Å². The van der Waals surface area contributed by atoms with Crippen LogP contribution in [0, 0.1) is 5.92 Å². The second kappa shape index (κ2) is 8.84. The van der Waals surface area contributed by atoms with E-state index in [1.54, 1.807) is 4.90 Å². The molecule has 0 radical (unpaired) electrons. The predicted octanol–water partition coefficient (Wildman–Crippen LogP) is 4.70. The molecule has 1 atom stereocenters. The minimum atomic E-state index is -4.38. The number of carbonyl (C=O) groups excluding carboxylic acids is 1. The average molecular weight is 445 g/mol. The predicted molar refractivity (Wildman–Crippen MR) is 116 cm³/mol. The first kappa shape index (κ1) is 22.2. The largest absolute Gasteiger partial charge is 0.416 e. The third-order valence-electron chi connectivity index (χ3n) is 5.77. The molecule has 0 aromatic heterocycles. The molecular weight excluding hydrogens is 419 g/mol. The van der Waals surface area contributed by atoms with E-state index in [2.05, 4.69) is 5.16 Å². The Balaban J connectivity index is 1.41. The molecule has 2 aromatic carbocycles. The first-order valence-electron chi connectivity index (χ1n) is 10.7. The Kier molecular flexibility index (Phi) is 6.13. The van der Waals surface area contributed by atoms with Crippen molar-refractivity contribution in [3.05, 3.63) is 65.2 Å². The van der Waals surface area contributed by atoms with E-state index in [1.807, 2.05) is 43.3 Å². The standard InChI is InChI=1S/C24H26F3N3O2/c1-29(2)20-11-7-17(8-12-20)22-13-21(32-28-22)15-30(23(31)18-5-6-18)14-16-3-9-19(10-4-16)24(25,26)27/h3-4,7-12,18,21H,5-6,13-15H2,1-2H3. The summed E-state index contributed by atoms with van der Waals surface area (Å²) in [6.45, 7) is 0.597. The molecule has 0 N–H and O–H groups in total. The highest BCUT2D eigenvalue weighted by Crippen LogP contribution is 2.33. The Bertz CT molecular complexity index is 981. The fourth-order valence-corrected chi connectivity index (χ4v) is 3.73. The summed E-state index contributed by atoms with van der Waals surface area (Å²) >= 11 is 0. The summed E-state index contributed by atoms with van der Waals surface area (Å²) in [6.07, 6.45) is -2.38. The summed E-state index contributed by atoms with van der Waals surface area (Å²) in [5.74, 6) is 0.0297. The van der Waals surface area contributed by atoms with Crippen LogP contribution in [0.3, 0.4) is 0 Å². The van der Waals surface area contributed by atoms with Crippen LogP contribution in [0.1, 0.15) is 36.0 Å². The van der Waals surface area contributed by atoms with Gasteiger partial charge in [0.25, 0.3) is 0 Å². The first-order valence-corrected chi connectivity index (χ1v) is 10.7. The van der Waals surface area contributed by atoms with Gasteiger partial charge in [-0.25, -0.2) is 0 Å².